The molecule has 0 unspecified atom stereocenters. The van der Waals surface area contributed by atoms with Gasteiger partial charge in [-0.3, -0.25) is 0 Å². The largest absolute Gasteiger partial charge is 0.445 e. The van der Waals surface area contributed by atoms with Crippen molar-refractivity contribution >= 4 is 14.2 Å². The van der Waals surface area contributed by atoms with E-state index >= 15 is 0 Å². The molecule has 0 radical (unpaired) electrons. The van der Waals surface area contributed by atoms with E-state index in [9.17, 15) is 0 Å². The summed E-state index contributed by atoms with van der Waals surface area (Å²) in [6.07, 6.45) is 5.18. The molecular weight excluding hydrogens is 121 g/mol. The summed E-state index contributed by atoms with van der Waals surface area (Å²) in [4.78, 5) is 0. The highest BCUT2D eigenvalue weighted by molar-refractivity contribution is 7.33. The monoisotopic (exact) mass is 127 g/mol. The first kappa shape index (κ1) is 5.39. The molecule has 42 valence electrons. The fourth-order valence-corrected chi connectivity index (χ4v) is 0.764. The first-order valence-electron chi connectivity index (χ1n) is 2.21. The number of hydrogen-bond acceptors (Lipinski definition) is 2. The van der Waals surface area contributed by atoms with Crippen molar-refractivity contribution in [2.24, 2.45) is 5.73 Å². The Hall–Kier alpha value is -0.750. The maximum Gasteiger partial charge on any atom is 0.124 e. The highest BCUT2D eigenvalue weighted by Gasteiger charge is 1.82. The van der Waals surface area contributed by atoms with E-state index in [1.165, 1.54) is 6.26 Å². The topological polar surface area (TPSA) is 35.2 Å². The Bertz CT molecular complexity index is 157. The molecule has 0 aromatic rings. The highest BCUT2D eigenvalue weighted by Crippen LogP contribution is 2.03. The van der Waals surface area contributed by atoms with Crippen LogP contribution in [0, 0.1) is 0 Å². The zero-order chi connectivity index (χ0) is 5.82. The van der Waals surface area contributed by atoms with Gasteiger partial charge in [-0.05, 0) is 6.08 Å². The lowest BCUT2D eigenvalue weighted by molar-refractivity contribution is 0.556. The van der Waals surface area contributed by atoms with Crippen LogP contribution < -0.4 is 5.73 Å². The summed E-state index contributed by atoms with van der Waals surface area (Å²) in [7, 11) is 0.832. The van der Waals surface area contributed by atoms with Crippen LogP contribution >= 0.6 is 8.43 Å². The minimum absolute atomic E-state index is 0.659. The molecule has 0 bridgehead atoms. The maximum atomic E-state index is 5.36. The van der Waals surface area contributed by atoms with Gasteiger partial charge in [0.1, 0.15) is 14.7 Å². The average Bonchev–Trinajstić information content (AvgIpc) is 1.94. The first-order chi connectivity index (χ1) is 3.89. The van der Waals surface area contributed by atoms with E-state index in [4.69, 9.17) is 10.3 Å². The molecule has 1 rings (SSSR count). The molecule has 0 saturated carbocycles. The van der Waals surface area contributed by atoms with E-state index < -0.39 is 0 Å². The molecule has 0 atom stereocenters. The standard InChI is InChI=1S/C5H6NOP/c6-5-2-1-3-8-7-4-5/h1-4H,6H2. The predicted molar refractivity (Wildman–Crippen MR) is 35.5 cm³/mol. The predicted octanol–water partition coefficient (Wildman–Crippen LogP) is 1.04. The third-order valence-electron chi connectivity index (χ3n) is 0.685. The minimum Gasteiger partial charge on any atom is -0.445 e. The SMILES string of the molecule is NC1=COP=CC=C1. The van der Waals surface area contributed by atoms with Crippen LogP contribution in [0.25, 0.3) is 0 Å². The Kier molecular flexibility index (Phi) is 1.70. The van der Waals surface area contributed by atoms with Crippen molar-refractivity contribution in [2.75, 3.05) is 0 Å². The van der Waals surface area contributed by atoms with Gasteiger partial charge in [-0.15, -0.1) is 0 Å². The number of hydrogen-bond donors (Lipinski definition) is 1. The van der Waals surface area contributed by atoms with Gasteiger partial charge in [-0.25, -0.2) is 0 Å². The van der Waals surface area contributed by atoms with Gasteiger partial charge >= 0.3 is 0 Å². The van der Waals surface area contributed by atoms with Crippen LogP contribution in [0.4, 0.5) is 0 Å². The molecule has 0 fully saturated rings. The maximum absolute atomic E-state index is 5.36. The van der Waals surface area contributed by atoms with Crippen LogP contribution in [0.5, 0.6) is 0 Å². The second-order valence-electron chi connectivity index (χ2n) is 1.34. The van der Waals surface area contributed by atoms with Gasteiger partial charge in [0, 0.05) is 5.80 Å². The van der Waals surface area contributed by atoms with Gasteiger partial charge in [0.15, 0.2) is 0 Å². The lowest BCUT2D eigenvalue weighted by atomic mass is 10.4. The summed E-state index contributed by atoms with van der Waals surface area (Å²) in [6.45, 7) is 0. The Morgan fingerprint density at radius 3 is 3.38 bits per heavy atom. The van der Waals surface area contributed by atoms with Gasteiger partial charge in [-0.1, -0.05) is 6.08 Å². The molecule has 0 amide bonds. The van der Waals surface area contributed by atoms with E-state index in [2.05, 4.69) is 0 Å². The third-order valence-corrected chi connectivity index (χ3v) is 1.21. The minimum atomic E-state index is 0.659. The summed E-state index contributed by atoms with van der Waals surface area (Å²) in [5.74, 6) is 1.87. The highest BCUT2D eigenvalue weighted by atomic mass is 31.1. The molecule has 0 aromatic carbocycles. The summed E-state index contributed by atoms with van der Waals surface area (Å²) in [6, 6.07) is 0. The smallest absolute Gasteiger partial charge is 0.124 e. The summed E-state index contributed by atoms with van der Waals surface area (Å²) >= 11 is 0. The van der Waals surface area contributed by atoms with Crippen molar-refractivity contribution in [3.63, 3.8) is 0 Å². The quantitative estimate of drug-likeness (QED) is 0.493. The second-order valence-corrected chi connectivity index (χ2v) is 2.06. The lowest BCUT2D eigenvalue weighted by Crippen LogP contribution is -1.90. The van der Waals surface area contributed by atoms with Crippen molar-refractivity contribution in [3.8, 4) is 0 Å². The second kappa shape index (κ2) is 2.53. The number of rotatable bonds is 0. The molecular formula is C5H6NOP. The van der Waals surface area contributed by atoms with Gasteiger partial charge in [0.2, 0.25) is 0 Å². The van der Waals surface area contributed by atoms with Crippen molar-refractivity contribution in [1.29, 1.82) is 0 Å². The Balaban J connectivity index is 2.69. The van der Waals surface area contributed by atoms with Gasteiger partial charge < -0.3 is 10.3 Å². The van der Waals surface area contributed by atoms with E-state index in [-0.39, 0.29) is 0 Å². The normalized spacial score (nSPS) is 18.8. The molecule has 1 heterocycles. The van der Waals surface area contributed by atoms with Crippen LogP contribution in [0.2, 0.25) is 0 Å². The fraction of sp³-hybridized carbons (Fsp3) is 0. The molecule has 0 spiro atoms. The Morgan fingerprint density at radius 2 is 2.50 bits per heavy atom. The van der Waals surface area contributed by atoms with Gasteiger partial charge in [0.05, 0.1) is 5.70 Å². The molecule has 2 N–H and O–H groups in total. The zero-order valence-electron chi connectivity index (χ0n) is 4.24. The Morgan fingerprint density at radius 1 is 1.62 bits per heavy atom. The van der Waals surface area contributed by atoms with Crippen LogP contribution in [0.3, 0.4) is 0 Å². The first-order valence-corrected chi connectivity index (χ1v) is 3.09. The van der Waals surface area contributed by atoms with Gasteiger partial charge in [-0.2, -0.15) is 0 Å². The molecule has 1 aliphatic heterocycles. The van der Waals surface area contributed by atoms with Crippen LogP contribution in [-0.4, -0.2) is 5.80 Å². The van der Waals surface area contributed by atoms with Crippen LogP contribution in [0.15, 0.2) is 24.1 Å². The van der Waals surface area contributed by atoms with E-state index in [1.54, 1.807) is 6.08 Å². The van der Waals surface area contributed by atoms with E-state index in [1.807, 2.05) is 11.9 Å². The third kappa shape index (κ3) is 1.39. The van der Waals surface area contributed by atoms with E-state index in [0.717, 1.165) is 8.43 Å². The zero-order valence-corrected chi connectivity index (χ0v) is 5.14. The van der Waals surface area contributed by atoms with Crippen LogP contribution in [-0.2, 0) is 4.52 Å². The van der Waals surface area contributed by atoms with Crippen molar-refractivity contribution in [3.05, 3.63) is 24.1 Å². The molecule has 0 aromatic heterocycles. The summed E-state index contributed by atoms with van der Waals surface area (Å²) in [5, 5.41) is 0. The summed E-state index contributed by atoms with van der Waals surface area (Å²) in [5.41, 5.74) is 6.02. The van der Waals surface area contributed by atoms with Crippen molar-refractivity contribution in [2.45, 2.75) is 0 Å². The molecule has 1 aliphatic rings. The molecule has 3 heteroatoms. The van der Waals surface area contributed by atoms with E-state index in [0.29, 0.717) is 5.70 Å². The Labute approximate surface area is 49.5 Å². The van der Waals surface area contributed by atoms with Crippen molar-refractivity contribution < 1.29 is 4.52 Å². The molecule has 2 nitrogen and oxygen atoms in total. The fourth-order valence-electron chi connectivity index (χ4n) is 0.355. The molecule has 0 saturated heterocycles. The summed E-state index contributed by atoms with van der Waals surface area (Å²) < 4.78 is 4.87. The average molecular weight is 127 g/mol. The molecule has 8 heavy (non-hydrogen) atoms. The van der Waals surface area contributed by atoms with Crippen molar-refractivity contribution in [1.82, 2.24) is 0 Å². The van der Waals surface area contributed by atoms with Gasteiger partial charge in [0.25, 0.3) is 0 Å². The van der Waals surface area contributed by atoms with Crippen LogP contribution in [0.1, 0.15) is 0 Å². The number of allylic oxidation sites excluding steroid dienone is 2. The lowest BCUT2D eigenvalue weighted by Gasteiger charge is -1.85. The number of nitrogens with two attached hydrogens (primary N) is 1. The molecule has 0 aliphatic carbocycles.